The highest BCUT2D eigenvalue weighted by atomic mass is 16.3. The van der Waals surface area contributed by atoms with E-state index in [4.69, 9.17) is 5.73 Å². The standard InChI is InChI=1S/C35H49N3O2/c1-6-13-38(14-7-2)34(36)37-30(23-39)18-27-9-8-10-29(17-27)31-19-32(33(40)16-26(31)5)35-20-24(3)11-12-28(22-35)15-25(4)21-35/h8-10,16-19,23-25,28,40H,6-7,11-15,20-22H2,1-5H3,(H2,36,37)/b30-18-. The molecule has 4 atom stereocenters. The Labute approximate surface area is 241 Å². The number of aliphatic imine (C=N–C) groups is 1. The summed E-state index contributed by atoms with van der Waals surface area (Å²) in [6.45, 7) is 12.7. The van der Waals surface area contributed by atoms with Crippen LogP contribution in [0.2, 0.25) is 0 Å². The zero-order valence-corrected chi connectivity index (χ0v) is 25.2. The van der Waals surface area contributed by atoms with E-state index in [9.17, 15) is 9.90 Å². The second-order valence-corrected chi connectivity index (χ2v) is 12.7. The summed E-state index contributed by atoms with van der Waals surface area (Å²) in [6, 6.07) is 12.5. The van der Waals surface area contributed by atoms with Gasteiger partial charge in [0.15, 0.2) is 12.2 Å². The Kier molecular flexibility index (Phi) is 9.76. The first-order chi connectivity index (χ1) is 19.2. The van der Waals surface area contributed by atoms with Crippen molar-refractivity contribution in [3.63, 3.8) is 0 Å². The lowest BCUT2D eigenvalue weighted by Crippen LogP contribution is -2.38. The molecule has 0 aromatic heterocycles. The van der Waals surface area contributed by atoms with Gasteiger partial charge in [-0.3, -0.25) is 4.79 Å². The van der Waals surface area contributed by atoms with Gasteiger partial charge < -0.3 is 15.7 Å². The Morgan fingerprint density at radius 2 is 1.80 bits per heavy atom. The van der Waals surface area contributed by atoms with Crippen molar-refractivity contribution in [3.05, 3.63) is 58.8 Å². The highest BCUT2D eigenvalue weighted by molar-refractivity contribution is 5.89. The number of hydrogen-bond donors (Lipinski definition) is 2. The molecule has 5 nitrogen and oxygen atoms in total. The highest BCUT2D eigenvalue weighted by Crippen LogP contribution is 2.54. The smallest absolute Gasteiger partial charge is 0.196 e. The summed E-state index contributed by atoms with van der Waals surface area (Å²) in [6.07, 6.45) is 11.9. The van der Waals surface area contributed by atoms with E-state index in [2.05, 4.69) is 57.8 Å². The Bertz CT molecular complexity index is 1240. The molecule has 2 aromatic rings. The summed E-state index contributed by atoms with van der Waals surface area (Å²) in [7, 11) is 0. The van der Waals surface area contributed by atoms with Gasteiger partial charge in [0.05, 0.1) is 0 Å². The molecule has 0 heterocycles. The summed E-state index contributed by atoms with van der Waals surface area (Å²) >= 11 is 0. The number of allylic oxidation sites excluding steroid dienone is 1. The topological polar surface area (TPSA) is 78.9 Å². The van der Waals surface area contributed by atoms with Gasteiger partial charge in [-0.25, -0.2) is 4.99 Å². The molecule has 2 bridgehead atoms. The average Bonchev–Trinajstić information content (AvgIpc) is 3.02. The molecule has 0 amide bonds. The summed E-state index contributed by atoms with van der Waals surface area (Å²) in [5.41, 5.74) is 11.9. The van der Waals surface area contributed by atoms with E-state index in [1.54, 1.807) is 6.08 Å². The van der Waals surface area contributed by atoms with Crippen LogP contribution in [-0.4, -0.2) is 35.3 Å². The lowest BCUT2D eigenvalue weighted by molar-refractivity contribution is -0.104. The summed E-state index contributed by atoms with van der Waals surface area (Å²) in [5, 5.41) is 11.3. The van der Waals surface area contributed by atoms with Gasteiger partial charge in [0.25, 0.3) is 0 Å². The molecule has 0 aliphatic heterocycles. The molecular formula is C35H49N3O2. The average molecular weight is 544 g/mol. The number of carbonyl (C=O) groups is 1. The van der Waals surface area contributed by atoms with E-state index in [1.165, 1.54) is 25.7 Å². The number of fused-ring (bicyclic) bond motifs is 2. The summed E-state index contributed by atoms with van der Waals surface area (Å²) < 4.78 is 0. The number of aryl methyl sites for hydroxylation is 1. The molecule has 0 spiro atoms. The predicted octanol–water partition coefficient (Wildman–Crippen LogP) is 7.84. The first kappa shape index (κ1) is 29.9. The zero-order valence-electron chi connectivity index (χ0n) is 25.2. The van der Waals surface area contributed by atoms with E-state index in [0.29, 0.717) is 29.2 Å². The fourth-order valence-electron chi connectivity index (χ4n) is 7.62. The van der Waals surface area contributed by atoms with Gasteiger partial charge in [0, 0.05) is 18.7 Å². The fraction of sp³-hybridized carbons (Fsp3) is 0.543. The number of hydrogen-bond acceptors (Lipinski definition) is 3. The van der Waals surface area contributed by atoms with Crippen molar-refractivity contribution in [2.75, 3.05) is 13.1 Å². The normalized spacial score (nSPS) is 25.4. The molecule has 2 aliphatic rings. The Morgan fingerprint density at radius 1 is 1.07 bits per heavy atom. The van der Waals surface area contributed by atoms with Crippen molar-refractivity contribution < 1.29 is 9.90 Å². The molecule has 2 aliphatic carbocycles. The molecule has 3 N–H and O–H groups in total. The summed E-state index contributed by atoms with van der Waals surface area (Å²) in [4.78, 5) is 18.5. The zero-order chi connectivity index (χ0) is 28.9. The van der Waals surface area contributed by atoms with Crippen molar-refractivity contribution in [1.29, 1.82) is 0 Å². The molecule has 4 unspecified atom stereocenters. The minimum Gasteiger partial charge on any atom is -0.508 e. The predicted molar refractivity (Wildman–Crippen MR) is 167 cm³/mol. The van der Waals surface area contributed by atoms with Gasteiger partial charge >= 0.3 is 0 Å². The maximum absolute atomic E-state index is 12.0. The number of phenolic OH excluding ortho intramolecular Hbond substituents is 1. The first-order valence-electron chi connectivity index (χ1n) is 15.4. The number of nitrogens with two attached hydrogens (primary N) is 1. The van der Waals surface area contributed by atoms with Crippen molar-refractivity contribution >= 4 is 18.3 Å². The first-order valence-corrected chi connectivity index (χ1v) is 15.4. The van der Waals surface area contributed by atoms with Gasteiger partial charge in [0.1, 0.15) is 11.4 Å². The molecule has 4 rings (SSSR count). The largest absolute Gasteiger partial charge is 0.508 e. The number of nitrogens with zero attached hydrogens (tertiary/aromatic N) is 2. The van der Waals surface area contributed by atoms with Crippen LogP contribution >= 0.6 is 0 Å². The number of aldehydes is 1. The van der Waals surface area contributed by atoms with Crippen molar-refractivity contribution in [2.45, 2.75) is 91.4 Å². The Hall–Kier alpha value is -3.08. The quantitative estimate of drug-likeness (QED) is 0.146. The van der Waals surface area contributed by atoms with Crippen LogP contribution in [0.4, 0.5) is 0 Å². The lowest BCUT2D eigenvalue weighted by Gasteiger charge is -2.44. The number of aromatic hydroxyl groups is 1. The number of benzene rings is 2. The third-order valence-electron chi connectivity index (χ3n) is 9.06. The lowest BCUT2D eigenvalue weighted by atomic mass is 9.60. The minimum absolute atomic E-state index is 0.0298. The van der Waals surface area contributed by atoms with Gasteiger partial charge in [-0.05, 0) is 115 Å². The Morgan fingerprint density at radius 3 is 2.50 bits per heavy atom. The fourth-order valence-corrected chi connectivity index (χ4v) is 7.62. The second-order valence-electron chi connectivity index (χ2n) is 12.7. The molecule has 5 heteroatoms. The van der Waals surface area contributed by atoms with Crippen LogP contribution in [-0.2, 0) is 10.2 Å². The number of guanidine groups is 1. The SMILES string of the molecule is CCCN(CCC)C(N)=N/C(C=O)=C\c1cccc(-c2cc(C34CC(C)CCC(CC(C)C3)C4)c(O)cc2C)c1. The molecule has 2 aromatic carbocycles. The third-order valence-corrected chi connectivity index (χ3v) is 9.06. The molecule has 0 radical (unpaired) electrons. The Balaban J connectivity index is 1.71. The molecule has 2 fully saturated rings. The molecule has 216 valence electrons. The van der Waals surface area contributed by atoms with Crippen LogP contribution in [0.3, 0.4) is 0 Å². The van der Waals surface area contributed by atoms with Crippen LogP contribution in [0.5, 0.6) is 5.75 Å². The summed E-state index contributed by atoms with van der Waals surface area (Å²) in [5.74, 6) is 2.90. The molecule has 40 heavy (non-hydrogen) atoms. The van der Waals surface area contributed by atoms with E-state index in [-0.39, 0.29) is 5.41 Å². The van der Waals surface area contributed by atoms with Crippen LogP contribution in [0.25, 0.3) is 17.2 Å². The van der Waals surface area contributed by atoms with E-state index >= 15 is 0 Å². The van der Waals surface area contributed by atoms with Crippen LogP contribution in [0.1, 0.15) is 95.8 Å². The minimum atomic E-state index is 0.0298. The van der Waals surface area contributed by atoms with E-state index in [0.717, 1.165) is 78.8 Å². The molecule has 0 saturated heterocycles. The molecular weight excluding hydrogens is 494 g/mol. The third kappa shape index (κ3) is 6.79. The monoisotopic (exact) mass is 543 g/mol. The maximum atomic E-state index is 12.0. The van der Waals surface area contributed by atoms with E-state index < -0.39 is 0 Å². The maximum Gasteiger partial charge on any atom is 0.196 e. The number of carbonyl (C=O) groups excluding carboxylic acids is 1. The van der Waals surface area contributed by atoms with Crippen molar-refractivity contribution in [2.24, 2.45) is 28.5 Å². The number of rotatable bonds is 9. The van der Waals surface area contributed by atoms with Gasteiger partial charge in [-0.15, -0.1) is 0 Å². The van der Waals surface area contributed by atoms with Crippen LogP contribution in [0, 0.1) is 24.7 Å². The number of phenols is 1. The van der Waals surface area contributed by atoms with Crippen LogP contribution < -0.4 is 5.73 Å². The van der Waals surface area contributed by atoms with E-state index in [1.807, 2.05) is 23.1 Å². The second kappa shape index (κ2) is 13.1. The van der Waals surface area contributed by atoms with Gasteiger partial charge in [-0.2, -0.15) is 0 Å². The van der Waals surface area contributed by atoms with Crippen molar-refractivity contribution in [1.82, 2.24) is 4.90 Å². The molecule has 2 saturated carbocycles. The van der Waals surface area contributed by atoms with Gasteiger partial charge in [-0.1, -0.05) is 58.7 Å². The van der Waals surface area contributed by atoms with Gasteiger partial charge in [0.2, 0.25) is 0 Å². The van der Waals surface area contributed by atoms with Crippen LogP contribution in [0.15, 0.2) is 47.1 Å². The van der Waals surface area contributed by atoms with Crippen molar-refractivity contribution in [3.8, 4) is 16.9 Å². The highest BCUT2D eigenvalue weighted by Gasteiger charge is 2.44.